The third-order valence-corrected chi connectivity index (χ3v) is 7.67. The molecule has 0 fully saturated rings. The summed E-state index contributed by atoms with van der Waals surface area (Å²) in [6, 6.07) is 31.3. The van der Waals surface area contributed by atoms with Gasteiger partial charge in [0.05, 0.1) is 0 Å². The van der Waals surface area contributed by atoms with Crippen LogP contribution in [0.1, 0.15) is 77.8 Å². The number of aryl methyl sites for hydroxylation is 4. The summed E-state index contributed by atoms with van der Waals surface area (Å²) < 4.78 is 0. The number of benzene rings is 4. The number of hydrogen-bond acceptors (Lipinski definition) is 4. The van der Waals surface area contributed by atoms with Gasteiger partial charge >= 0.3 is 0 Å². The van der Waals surface area contributed by atoms with Crippen molar-refractivity contribution in [2.24, 2.45) is 0 Å². The van der Waals surface area contributed by atoms with Crippen molar-refractivity contribution in [2.75, 3.05) is 0 Å². The van der Waals surface area contributed by atoms with E-state index in [0.717, 1.165) is 66.0 Å². The maximum atomic E-state index is 11.5. The molecule has 0 atom stereocenters. The Balaban J connectivity index is 0.000000352. The first-order chi connectivity index (χ1) is 27.1. The highest BCUT2D eigenvalue weighted by Crippen LogP contribution is 2.10. The number of rotatable bonds is 0. The lowest BCUT2D eigenvalue weighted by molar-refractivity contribution is 1.24. The Hall–Kier alpha value is -6.28. The molecular weight excluding hydrogens is 697 g/mol. The Morgan fingerprint density at radius 3 is 1.52 bits per heavy atom. The van der Waals surface area contributed by atoms with Crippen LogP contribution in [0.2, 0.25) is 0 Å². The number of H-pyrrole nitrogens is 4. The monoisotopic (exact) mass is 756 g/mol. The Morgan fingerprint density at radius 2 is 0.875 bits per heavy atom. The Labute approximate surface area is 330 Å². The van der Waals surface area contributed by atoms with Crippen LogP contribution in [0.4, 0.5) is 0 Å². The van der Waals surface area contributed by atoms with E-state index < -0.39 is 0 Å². The average molecular weight is 757 g/mol. The molecule has 0 unspecified atom stereocenters. The summed E-state index contributed by atoms with van der Waals surface area (Å²) in [5, 5.41) is 3.03. The second-order valence-corrected chi connectivity index (χ2v) is 11.5. The fourth-order valence-corrected chi connectivity index (χ4v) is 5.17. The Bertz CT molecular complexity index is 2580. The molecule has 0 aliphatic rings. The summed E-state index contributed by atoms with van der Waals surface area (Å²) in [6.07, 6.45) is 5.08. The summed E-state index contributed by atoms with van der Waals surface area (Å²) in [6.45, 7) is 23.7. The molecule has 4 aromatic heterocycles. The second-order valence-electron chi connectivity index (χ2n) is 11.5. The molecular formula is C48H60N4O4. The zero-order valence-corrected chi connectivity index (χ0v) is 35.2. The van der Waals surface area contributed by atoms with E-state index >= 15 is 0 Å². The second kappa shape index (κ2) is 25.7. The summed E-state index contributed by atoms with van der Waals surface area (Å²) in [5.74, 6) is 0. The fraction of sp³-hybridized carbons (Fsp3) is 0.250. The minimum Gasteiger partial charge on any atom is -0.361 e. The quantitative estimate of drug-likeness (QED) is 0.123. The highest BCUT2D eigenvalue weighted by molar-refractivity contribution is 5.80. The van der Waals surface area contributed by atoms with Crippen molar-refractivity contribution in [2.45, 2.75) is 83.1 Å². The highest BCUT2D eigenvalue weighted by Gasteiger charge is 2.00. The first-order valence-corrected chi connectivity index (χ1v) is 19.4. The maximum absolute atomic E-state index is 11.5. The predicted molar refractivity (Wildman–Crippen MR) is 243 cm³/mol. The molecule has 8 heteroatoms. The number of hydrogen-bond donors (Lipinski definition) is 4. The van der Waals surface area contributed by atoms with Crippen LogP contribution in [0.3, 0.4) is 0 Å². The van der Waals surface area contributed by atoms with Gasteiger partial charge in [-0.05, 0) is 81.8 Å². The van der Waals surface area contributed by atoms with Gasteiger partial charge in [-0.2, -0.15) is 0 Å². The Kier molecular flexibility index (Phi) is 21.9. The van der Waals surface area contributed by atoms with E-state index in [1.165, 1.54) is 6.07 Å². The summed E-state index contributed by atoms with van der Waals surface area (Å²) >= 11 is 0. The van der Waals surface area contributed by atoms with Gasteiger partial charge in [0.2, 0.25) is 0 Å². The van der Waals surface area contributed by atoms with Crippen LogP contribution in [0.15, 0.2) is 141 Å². The lowest BCUT2D eigenvalue weighted by atomic mass is 10.1. The number of nitrogens with one attached hydrogen (secondary N) is 4. The lowest BCUT2D eigenvalue weighted by Crippen LogP contribution is -2.05. The smallest absolute Gasteiger partial charge is 0.192 e. The zero-order chi connectivity index (χ0) is 42.2. The van der Waals surface area contributed by atoms with Crippen LogP contribution in [-0.4, -0.2) is 19.9 Å². The van der Waals surface area contributed by atoms with Gasteiger partial charge in [-0.15, -0.1) is 0 Å². The molecule has 0 saturated heterocycles. The van der Waals surface area contributed by atoms with Crippen LogP contribution in [0.5, 0.6) is 0 Å². The Morgan fingerprint density at radius 1 is 0.393 bits per heavy atom. The van der Waals surface area contributed by atoms with Crippen molar-refractivity contribution in [1.82, 2.24) is 19.9 Å². The number of aromatic nitrogens is 4. The number of pyridine rings is 4. The first-order valence-electron chi connectivity index (χ1n) is 19.4. The van der Waals surface area contributed by atoms with Gasteiger partial charge in [0.15, 0.2) is 21.7 Å². The van der Waals surface area contributed by atoms with E-state index in [1.54, 1.807) is 30.7 Å². The number of para-hydroxylation sites is 2. The molecule has 0 amide bonds. The van der Waals surface area contributed by atoms with Crippen molar-refractivity contribution in [3.63, 3.8) is 0 Å². The molecule has 8 nitrogen and oxygen atoms in total. The molecule has 0 bridgehead atoms. The van der Waals surface area contributed by atoms with E-state index in [4.69, 9.17) is 0 Å². The van der Waals surface area contributed by atoms with Gasteiger partial charge in [0.25, 0.3) is 0 Å². The molecule has 56 heavy (non-hydrogen) atoms. The van der Waals surface area contributed by atoms with Crippen LogP contribution in [0, 0.1) is 27.7 Å². The molecule has 296 valence electrons. The van der Waals surface area contributed by atoms with Gasteiger partial charge in [-0.1, -0.05) is 97.4 Å². The fourth-order valence-electron chi connectivity index (χ4n) is 5.17. The molecule has 8 rings (SSSR count). The molecule has 0 aliphatic heterocycles. The summed E-state index contributed by atoms with van der Waals surface area (Å²) in [5.41, 5.74) is 7.88. The summed E-state index contributed by atoms with van der Waals surface area (Å²) in [4.78, 5) is 57.7. The van der Waals surface area contributed by atoms with E-state index in [1.807, 2.05) is 168 Å². The van der Waals surface area contributed by atoms with E-state index in [2.05, 4.69) is 19.9 Å². The van der Waals surface area contributed by atoms with Crippen molar-refractivity contribution in [3.05, 3.63) is 185 Å². The zero-order valence-electron chi connectivity index (χ0n) is 35.2. The first kappa shape index (κ1) is 47.7. The maximum Gasteiger partial charge on any atom is 0.192 e. The molecule has 4 N–H and O–H groups in total. The average Bonchev–Trinajstić information content (AvgIpc) is 3.23. The van der Waals surface area contributed by atoms with Crippen molar-refractivity contribution >= 4 is 43.6 Å². The lowest BCUT2D eigenvalue weighted by Gasteiger charge is -1.97. The molecule has 0 saturated carbocycles. The largest absolute Gasteiger partial charge is 0.361 e. The van der Waals surface area contributed by atoms with E-state index in [9.17, 15) is 19.2 Å². The van der Waals surface area contributed by atoms with E-state index in [0.29, 0.717) is 0 Å². The normalized spacial score (nSPS) is 9.36. The van der Waals surface area contributed by atoms with Gasteiger partial charge in [-0.3, -0.25) is 19.2 Å². The van der Waals surface area contributed by atoms with Gasteiger partial charge in [0.1, 0.15) is 0 Å². The highest BCUT2D eigenvalue weighted by atomic mass is 16.1. The van der Waals surface area contributed by atoms with Gasteiger partial charge in [-0.25, -0.2) is 0 Å². The van der Waals surface area contributed by atoms with Crippen LogP contribution in [-0.2, 0) is 0 Å². The van der Waals surface area contributed by atoms with Crippen LogP contribution in [0.25, 0.3) is 43.6 Å². The van der Waals surface area contributed by atoms with Gasteiger partial charge < -0.3 is 19.9 Å². The van der Waals surface area contributed by atoms with Gasteiger partial charge in [0, 0.05) is 91.7 Å². The van der Waals surface area contributed by atoms with Crippen LogP contribution < -0.4 is 21.7 Å². The van der Waals surface area contributed by atoms with Crippen molar-refractivity contribution < 1.29 is 0 Å². The molecule has 4 heterocycles. The third-order valence-electron chi connectivity index (χ3n) is 7.67. The molecule has 0 aliphatic carbocycles. The molecule has 0 spiro atoms. The number of fused-ring (bicyclic) bond motifs is 4. The molecule has 0 radical (unpaired) electrons. The van der Waals surface area contributed by atoms with E-state index in [-0.39, 0.29) is 21.7 Å². The number of aromatic amines is 4. The standard InChI is InChI=1S/4C10H9NO.4C2H6/c1-7-2-3-9-8(6-7)10(12)4-5-11-9;1-7-2-3-8-9(6-7)11-5-4-10(8)12;1-7-6-11-9-5-3-2-4-8(9)10(7)12;1-7-6-10(12)8-4-2-3-5-9(8)11-7;4*1-2/h4*2-6H,1H3,(H,11,12);4*1-2H3. The van der Waals surface area contributed by atoms with Crippen molar-refractivity contribution in [3.8, 4) is 0 Å². The van der Waals surface area contributed by atoms with Crippen LogP contribution >= 0.6 is 0 Å². The summed E-state index contributed by atoms with van der Waals surface area (Å²) in [7, 11) is 0. The third kappa shape index (κ3) is 13.9. The molecule has 8 aromatic rings. The minimum atomic E-state index is 0.0729. The predicted octanol–water partition coefficient (Wildman–Crippen LogP) is 11.5. The van der Waals surface area contributed by atoms with Crippen molar-refractivity contribution in [1.29, 1.82) is 0 Å². The minimum absolute atomic E-state index is 0.0729. The SMILES string of the molecule is CC.CC.CC.CC.Cc1c[nH]c2ccccc2c1=O.Cc1cc(=O)c2ccccc2[nH]1.Cc1ccc2[nH]ccc(=O)c2c1.Cc1ccc2c(=O)cc[nH]c2c1. The molecule has 4 aromatic carbocycles. The topological polar surface area (TPSA) is 131 Å².